The van der Waals surface area contributed by atoms with Crippen LogP contribution in [0.4, 0.5) is 0 Å². The first-order valence-electron chi connectivity index (χ1n) is 6.14. The number of aliphatic hydroxyl groups excluding tert-OH is 2. The van der Waals surface area contributed by atoms with Crippen LogP contribution in [0.15, 0.2) is 0 Å². The Labute approximate surface area is 105 Å². The molecule has 0 aromatic rings. The highest BCUT2D eigenvalue weighted by atomic mass is 16.3. The van der Waals surface area contributed by atoms with Crippen LogP contribution in [0, 0.1) is 0 Å². The van der Waals surface area contributed by atoms with Crippen molar-refractivity contribution in [2.45, 2.75) is 84.2 Å². The quantitative estimate of drug-likeness (QED) is 0.595. The molecule has 17 heavy (non-hydrogen) atoms. The maximum atomic E-state index is 9.27. The van der Waals surface area contributed by atoms with Gasteiger partial charge in [0.25, 0.3) is 0 Å². The van der Waals surface area contributed by atoms with Crippen molar-refractivity contribution >= 4 is 0 Å². The van der Waals surface area contributed by atoms with Gasteiger partial charge in [-0.1, -0.05) is 0 Å². The van der Waals surface area contributed by atoms with Gasteiger partial charge < -0.3 is 20.4 Å². The molecule has 0 fully saturated rings. The summed E-state index contributed by atoms with van der Waals surface area (Å²) in [6, 6.07) is 0. The number of hydrogen-bond acceptors (Lipinski definition) is 4. The normalized spacial score (nSPS) is 15.9. The Hall–Kier alpha value is -0.160. The molecule has 4 N–H and O–H groups in total. The molecule has 0 rings (SSSR count). The molecule has 4 nitrogen and oxygen atoms in total. The topological polar surface area (TPSA) is 80.9 Å². The lowest BCUT2D eigenvalue weighted by Gasteiger charge is -2.23. The minimum Gasteiger partial charge on any atom is -0.393 e. The maximum absolute atomic E-state index is 9.27. The van der Waals surface area contributed by atoms with E-state index in [1.165, 1.54) is 0 Å². The summed E-state index contributed by atoms with van der Waals surface area (Å²) in [5.74, 6) is 0. The first kappa shape index (κ1) is 19.2. The Morgan fingerprint density at radius 1 is 0.765 bits per heavy atom. The lowest BCUT2D eigenvalue weighted by molar-refractivity contribution is 0.0169. The van der Waals surface area contributed by atoms with Gasteiger partial charge in [-0.3, -0.25) is 0 Å². The minimum atomic E-state index is -0.653. The summed E-state index contributed by atoms with van der Waals surface area (Å²) in [4.78, 5) is 0. The molecule has 0 saturated carbocycles. The average molecular weight is 250 g/mol. The van der Waals surface area contributed by atoms with Gasteiger partial charge in [0.15, 0.2) is 0 Å². The molecular formula is C13H30O4. The summed E-state index contributed by atoms with van der Waals surface area (Å²) in [6.07, 6.45) is 0.993. The number of aliphatic hydroxyl groups is 4. The molecule has 2 atom stereocenters. The van der Waals surface area contributed by atoms with Crippen molar-refractivity contribution in [3.05, 3.63) is 0 Å². The molecular weight excluding hydrogens is 220 g/mol. The van der Waals surface area contributed by atoms with E-state index in [9.17, 15) is 10.2 Å². The van der Waals surface area contributed by atoms with Gasteiger partial charge in [-0.2, -0.15) is 0 Å². The summed E-state index contributed by atoms with van der Waals surface area (Å²) < 4.78 is 0. The fraction of sp³-hybridized carbons (Fsp3) is 1.00. The third-order valence-electron chi connectivity index (χ3n) is 2.03. The number of rotatable bonds is 5. The molecule has 0 radical (unpaired) electrons. The Morgan fingerprint density at radius 2 is 1.00 bits per heavy atom. The number of hydrogen-bond donors (Lipinski definition) is 4. The second-order valence-electron chi connectivity index (χ2n) is 6.06. The first-order chi connectivity index (χ1) is 7.33. The minimum absolute atomic E-state index is 0.375. The highest BCUT2D eigenvalue weighted by molar-refractivity contribution is 4.72. The lowest BCUT2D eigenvalue weighted by Crippen LogP contribution is -2.26. The molecule has 0 aromatic heterocycles. The molecule has 0 heterocycles. The van der Waals surface area contributed by atoms with E-state index in [0.717, 1.165) is 0 Å². The van der Waals surface area contributed by atoms with Crippen LogP contribution >= 0.6 is 0 Å². The van der Waals surface area contributed by atoms with Crippen molar-refractivity contribution in [3.63, 3.8) is 0 Å². The summed E-state index contributed by atoms with van der Waals surface area (Å²) in [6.45, 7) is 10.3. The maximum Gasteiger partial charge on any atom is 0.0592 e. The van der Waals surface area contributed by atoms with Gasteiger partial charge in [0, 0.05) is 0 Å². The van der Waals surface area contributed by atoms with Crippen LogP contribution in [0.1, 0.15) is 60.8 Å². The molecule has 0 amide bonds. The molecule has 0 spiro atoms. The van der Waals surface area contributed by atoms with Gasteiger partial charge in [-0.05, 0) is 60.8 Å². The summed E-state index contributed by atoms with van der Waals surface area (Å²) in [5.41, 5.74) is -1.31. The Bertz CT molecular complexity index is 155. The lowest BCUT2D eigenvalue weighted by atomic mass is 9.94. The van der Waals surface area contributed by atoms with Crippen LogP contribution in [0.3, 0.4) is 0 Å². The zero-order valence-electron chi connectivity index (χ0n) is 12.1. The van der Waals surface area contributed by atoms with Gasteiger partial charge in [-0.15, -0.1) is 0 Å². The van der Waals surface area contributed by atoms with Crippen LogP contribution < -0.4 is 0 Å². The Morgan fingerprint density at radius 3 is 1.06 bits per heavy atom. The molecule has 4 heteroatoms. The predicted octanol–water partition coefficient (Wildman–Crippen LogP) is 1.45. The Kier molecular flexibility index (Phi) is 9.06. The molecule has 0 bridgehead atoms. The smallest absolute Gasteiger partial charge is 0.0592 e. The van der Waals surface area contributed by atoms with Crippen molar-refractivity contribution in [1.29, 1.82) is 0 Å². The predicted molar refractivity (Wildman–Crippen MR) is 69.8 cm³/mol. The molecule has 2 unspecified atom stereocenters. The zero-order chi connectivity index (χ0) is 14.3. The van der Waals surface area contributed by atoms with Crippen LogP contribution in [0.2, 0.25) is 0 Å². The molecule has 0 saturated heterocycles. The first-order valence-corrected chi connectivity index (χ1v) is 6.14. The highest BCUT2D eigenvalue weighted by Gasteiger charge is 2.19. The summed E-state index contributed by atoms with van der Waals surface area (Å²) in [7, 11) is 0. The molecule has 106 valence electrons. The van der Waals surface area contributed by atoms with E-state index in [0.29, 0.717) is 19.3 Å². The fourth-order valence-electron chi connectivity index (χ4n) is 1.11. The SMILES string of the molecule is CC(C)(O)CCC(C)(C)O.CC(O)CC(C)O. The second kappa shape index (κ2) is 8.03. The summed E-state index contributed by atoms with van der Waals surface area (Å²) >= 11 is 0. The van der Waals surface area contributed by atoms with Crippen molar-refractivity contribution in [3.8, 4) is 0 Å². The monoisotopic (exact) mass is 250 g/mol. The zero-order valence-corrected chi connectivity index (χ0v) is 12.1. The van der Waals surface area contributed by atoms with E-state index in [-0.39, 0.29) is 12.2 Å². The molecule has 0 aliphatic carbocycles. The van der Waals surface area contributed by atoms with Crippen molar-refractivity contribution < 1.29 is 20.4 Å². The van der Waals surface area contributed by atoms with Gasteiger partial charge in [0.2, 0.25) is 0 Å². The largest absolute Gasteiger partial charge is 0.393 e. The van der Waals surface area contributed by atoms with Gasteiger partial charge in [0.1, 0.15) is 0 Å². The van der Waals surface area contributed by atoms with Crippen molar-refractivity contribution in [2.75, 3.05) is 0 Å². The van der Waals surface area contributed by atoms with E-state index >= 15 is 0 Å². The van der Waals surface area contributed by atoms with Crippen molar-refractivity contribution in [1.82, 2.24) is 0 Å². The van der Waals surface area contributed by atoms with Gasteiger partial charge >= 0.3 is 0 Å². The third-order valence-corrected chi connectivity index (χ3v) is 2.03. The summed E-state index contributed by atoms with van der Waals surface area (Å²) in [5, 5.41) is 35.7. The van der Waals surface area contributed by atoms with E-state index in [2.05, 4.69) is 0 Å². The van der Waals surface area contributed by atoms with Gasteiger partial charge in [-0.25, -0.2) is 0 Å². The molecule has 0 aliphatic rings. The molecule has 0 aliphatic heterocycles. The van der Waals surface area contributed by atoms with Crippen LogP contribution in [0.5, 0.6) is 0 Å². The van der Waals surface area contributed by atoms with E-state index in [1.54, 1.807) is 41.5 Å². The third kappa shape index (κ3) is 25.8. The average Bonchev–Trinajstić information content (AvgIpc) is 1.96. The second-order valence-corrected chi connectivity index (χ2v) is 6.06. The van der Waals surface area contributed by atoms with Gasteiger partial charge in [0.05, 0.1) is 23.4 Å². The van der Waals surface area contributed by atoms with Crippen molar-refractivity contribution in [2.24, 2.45) is 0 Å². The van der Waals surface area contributed by atoms with Crippen LogP contribution in [-0.2, 0) is 0 Å². The standard InChI is InChI=1S/C8H18O2.C5H12O2/c1-7(2,9)5-6-8(3,4)10;1-4(6)3-5(2)7/h9-10H,5-6H2,1-4H3;4-7H,3H2,1-2H3. The van der Waals surface area contributed by atoms with E-state index < -0.39 is 11.2 Å². The molecule has 0 aromatic carbocycles. The fourth-order valence-corrected chi connectivity index (χ4v) is 1.11. The highest BCUT2D eigenvalue weighted by Crippen LogP contribution is 2.17. The Balaban J connectivity index is 0. The van der Waals surface area contributed by atoms with E-state index in [4.69, 9.17) is 10.2 Å². The van der Waals surface area contributed by atoms with E-state index in [1.807, 2.05) is 0 Å². The van der Waals surface area contributed by atoms with Crippen LogP contribution in [-0.4, -0.2) is 43.8 Å². The van der Waals surface area contributed by atoms with Crippen LogP contribution in [0.25, 0.3) is 0 Å².